The van der Waals surface area contributed by atoms with Crippen LogP contribution < -0.4 is 5.73 Å². The summed E-state index contributed by atoms with van der Waals surface area (Å²) >= 11 is 0. The molecule has 1 aromatic heterocycles. The monoisotopic (exact) mass is 265 g/mol. The molecule has 3 rings (SSSR count). The lowest BCUT2D eigenvalue weighted by Crippen LogP contribution is -2.26. The van der Waals surface area contributed by atoms with Crippen LogP contribution in [0.2, 0.25) is 0 Å². The highest BCUT2D eigenvalue weighted by Crippen LogP contribution is 2.43. The zero-order chi connectivity index (χ0) is 13.3. The first-order valence-electron chi connectivity index (χ1n) is 6.76. The smallest absolute Gasteiger partial charge is 0.219 e. The molecular formula is C12H19N5O2. The lowest BCUT2D eigenvalue weighted by atomic mass is 9.98. The van der Waals surface area contributed by atoms with E-state index in [1.165, 1.54) is 25.7 Å². The van der Waals surface area contributed by atoms with Crippen molar-refractivity contribution in [3.8, 4) is 0 Å². The molecule has 1 aliphatic carbocycles. The predicted molar refractivity (Wildman–Crippen MR) is 67.8 cm³/mol. The Hall–Kier alpha value is -1.63. The summed E-state index contributed by atoms with van der Waals surface area (Å²) in [5.41, 5.74) is 5.58. The van der Waals surface area contributed by atoms with E-state index in [0.29, 0.717) is 6.54 Å². The third-order valence-corrected chi connectivity index (χ3v) is 4.12. The summed E-state index contributed by atoms with van der Waals surface area (Å²) in [6, 6.07) is 0. The van der Waals surface area contributed by atoms with Gasteiger partial charge in [0.1, 0.15) is 6.33 Å². The lowest BCUT2D eigenvalue weighted by Gasteiger charge is -2.23. The average Bonchev–Trinajstić information content (AvgIpc) is 3.13. The van der Waals surface area contributed by atoms with Gasteiger partial charge in [0.15, 0.2) is 0 Å². The van der Waals surface area contributed by atoms with Crippen molar-refractivity contribution in [1.29, 1.82) is 0 Å². The molecule has 0 aromatic carbocycles. The molecule has 1 aromatic rings. The summed E-state index contributed by atoms with van der Waals surface area (Å²) in [6.45, 7) is 0.674. The van der Waals surface area contributed by atoms with Crippen molar-refractivity contribution < 1.29 is 9.94 Å². The van der Waals surface area contributed by atoms with Crippen LogP contribution in [0.5, 0.6) is 0 Å². The molecule has 19 heavy (non-hydrogen) atoms. The van der Waals surface area contributed by atoms with Crippen LogP contribution in [0.3, 0.4) is 0 Å². The Morgan fingerprint density at radius 1 is 1.53 bits per heavy atom. The third-order valence-electron chi connectivity index (χ3n) is 4.12. The van der Waals surface area contributed by atoms with Crippen LogP contribution in [0, 0.1) is 0 Å². The molecule has 104 valence electrons. The molecule has 1 saturated carbocycles. The standard InChI is InChI=1S/C12H19N5O2/c13-10(16-18)11-14-8-17(15-11)7-9-3-6-12(19-9)4-1-2-5-12/h8-9,18H,1-7H2,(H2,13,16). The zero-order valence-corrected chi connectivity index (χ0v) is 10.8. The largest absolute Gasteiger partial charge is 0.409 e. The van der Waals surface area contributed by atoms with Crippen LogP contribution in [0.25, 0.3) is 0 Å². The number of amidine groups is 1. The van der Waals surface area contributed by atoms with Crippen LogP contribution in [-0.4, -0.2) is 37.5 Å². The molecular weight excluding hydrogens is 246 g/mol. The molecule has 0 radical (unpaired) electrons. The van der Waals surface area contributed by atoms with Crippen molar-refractivity contribution >= 4 is 5.84 Å². The summed E-state index contributed by atoms with van der Waals surface area (Å²) in [5.74, 6) is 0.175. The fourth-order valence-corrected chi connectivity index (χ4v) is 3.16. The summed E-state index contributed by atoms with van der Waals surface area (Å²) in [7, 11) is 0. The van der Waals surface area contributed by atoms with E-state index >= 15 is 0 Å². The van der Waals surface area contributed by atoms with Crippen molar-refractivity contribution in [2.45, 2.75) is 56.8 Å². The van der Waals surface area contributed by atoms with Crippen molar-refractivity contribution in [1.82, 2.24) is 14.8 Å². The number of ether oxygens (including phenoxy) is 1. The Balaban J connectivity index is 1.62. The second-order valence-electron chi connectivity index (χ2n) is 5.44. The first-order chi connectivity index (χ1) is 9.21. The van der Waals surface area contributed by atoms with E-state index in [-0.39, 0.29) is 23.4 Å². The van der Waals surface area contributed by atoms with E-state index in [9.17, 15) is 0 Å². The fourth-order valence-electron chi connectivity index (χ4n) is 3.16. The number of rotatable bonds is 3. The van der Waals surface area contributed by atoms with Crippen LogP contribution in [0.4, 0.5) is 0 Å². The highest BCUT2D eigenvalue weighted by molar-refractivity contribution is 5.93. The molecule has 2 heterocycles. The van der Waals surface area contributed by atoms with Crippen molar-refractivity contribution in [2.24, 2.45) is 10.9 Å². The Bertz CT molecular complexity index is 478. The van der Waals surface area contributed by atoms with Gasteiger partial charge in [-0.2, -0.15) is 0 Å². The maximum atomic E-state index is 8.57. The van der Waals surface area contributed by atoms with Gasteiger partial charge in [0.2, 0.25) is 11.7 Å². The van der Waals surface area contributed by atoms with Crippen LogP contribution in [0.15, 0.2) is 11.5 Å². The van der Waals surface area contributed by atoms with Gasteiger partial charge in [-0.3, -0.25) is 0 Å². The van der Waals surface area contributed by atoms with E-state index in [1.54, 1.807) is 11.0 Å². The first kappa shape index (κ1) is 12.4. The minimum Gasteiger partial charge on any atom is -0.409 e. The molecule has 0 bridgehead atoms. The van der Waals surface area contributed by atoms with Crippen molar-refractivity contribution in [3.05, 3.63) is 12.2 Å². The van der Waals surface area contributed by atoms with Crippen molar-refractivity contribution in [2.75, 3.05) is 0 Å². The van der Waals surface area contributed by atoms with Gasteiger partial charge < -0.3 is 15.7 Å². The summed E-state index contributed by atoms with van der Waals surface area (Å²) in [5, 5.41) is 15.6. The SMILES string of the molecule is NC(=NO)c1ncn(CC2CCC3(CCCC3)O2)n1. The van der Waals surface area contributed by atoms with Crippen LogP contribution in [0.1, 0.15) is 44.3 Å². The van der Waals surface area contributed by atoms with Gasteiger partial charge in [-0.1, -0.05) is 18.0 Å². The van der Waals surface area contributed by atoms with Crippen LogP contribution >= 0.6 is 0 Å². The molecule has 0 amide bonds. The van der Waals surface area contributed by atoms with Gasteiger partial charge in [0, 0.05) is 0 Å². The van der Waals surface area contributed by atoms with E-state index < -0.39 is 0 Å². The molecule has 1 atom stereocenters. The number of hydrogen-bond acceptors (Lipinski definition) is 5. The minimum absolute atomic E-state index is 0.0710. The zero-order valence-electron chi connectivity index (χ0n) is 10.8. The van der Waals surface area contributed by atoms with E-state index in [4.69, 9.17) is 15.7 Å². The normalized spacial score (nSPS) is 26.3. The maximum Gasteiger partial charge on any atom is 0.219 e. The Kier molecular flexibility index (Phi) is 3.14. The second-order valence-corrected chi connectivity index (χ2v) is 5.44. The third kappa shape index (κ3) is 2.42. The van der Waals surface area contributed by atoms with Gasteiger partial charge >= 0.3 is 0 Å². The van der Waals surface area contributed by atoms with Gasteiger partial charge in [0.05, 0.1) is 18.2 Å². The van der Waals surface area contributed by atoms with Crippen molar-refractivity contribution in [3.63, 3.8) is 0 Å². The summed E-state index contributed by atoms with van der Waals surface area (Å²) < 4.78 is 7.91. The highest BCUT2D eigenvalue weighted by Gasteiger charge is 2.42. The Morgan fingerprint density at radius 3 is 3.05 bits per heavy atom. The van der Waals surface area contributed by atoms with Gasteiger partial charge in [0.25, 0.3) is 0 Å². The molecule has 7 nitrogen and oxygen atoms in total. The molecule has 2 fully saturated rings. The molecule has 1 unspecified atom stereocenters. The van der Waals surface area contributed by atoms with E-state index in [0.717, 1.165) is 12.8 Å². The summed E-state index contributed by atoms with van der Waals surface area (Å²) in [6.07, 6.45) is 8.95. The molecule has 1 saturated heterocycles. The highest BCUT2D eigenvalue weighted by atomic mass is 16.5. The summed E-state index contributed by atoms with van der Waals surface area (Å²) in [4.78, 5) is 4.00. The van der Waals surface area contributed by atoms with E-state index in [1.807, 2.05) is 0 Å². The topological polar surface area (TPSA) is 98.6 Å². The average molecular weight is 265 g/mol. The van der Waals surface area contributed by atoms with Crippen LogP contribution in [-0.2, 0) is 11.3 Å². The second kappa shape index (κ2) is 4.80. The molecule has 3 N–H and O–H groups in total. The van der Waals surface area contributed by atoms with Gasteiger partial charge in [-0.05, 0) is 25.7 Å². The van der Waals surface area contributed by atoms with Gasteiger partial charge in [-0.15, -0.1) is 5.10 Å². The molecule has 1 spiro atoms. The number of aromatic nitrogens is 3. The Labute approximate surface area is 111 Å². The first-order valence-corrected chi connectivity index (χ1v) is 6.76. The maximum absolute atomic E-state index is 8.57. The lowest BCUT2D eigenvalue weighted by molar-refractivity contribution is -0.0429. The molecule has 2 aliphatic rings. The quantitative estimate of drug-likeness (QED) is 0.365. The number of nitrogens with two attached hydrogens (primary N) is 1. The number of hydrogen-bond donors (Lipinski definition) is 2. The fraction of sp³-hybridized carbons (Fsp3) is 0.750. The molecule has 7 heteroatoms. The minimum atomic E-state index is -0.0710. The Morgan fingerprint density at radius 2 is 2.32 bits per heavy atom. The van der Waals surface area contributed by atoms with Gasteiger partial charge in [-0.25, -0.2) is 9.67 Å². The molecule has 1 aliphatic heterocycles. The number of oxime groups is 1. The predicted octanol–water partition coefficient (Wildman–Crippen LogP) is 0.864. The van der Waals surface area contributed by atoms with E-state index in [2.05, 4.69) is 15.2 Å². The number of nitrogens with zero attached hydrogens (tertiary/aromatic N) is 4.